The molecule has 1 aromatic carbocycles. The summed E-state index contributed by atoms with van der Waals surface area (Å²) in [4.78, 5) is 13.8. The summed E-state index contributed by atoms with van der Waals surface area (Å²) in [5, 5.41) is 0. The van der Waals surface area contributed by atoms with Gasteiger partial charge >= 0.3 is 0 Å². The van der Waals surface area contributed by atoms with Gasteiger partial charge in [0.25, 0.3) is 0 Å². The lowest BCUT2D eigenvalue weighted by Crippen LogP contribution is -2.35. The summed E-state index contributed by atoms with van der Waals surface area (Å²) < 4.78 is 13.4. The first kappa shape index (κ1) is 12.1. The fourth-order valence-electron chi connectivity index (χ4n) is 2.24. The maximum Gasteiger partial charge on any atom is 0.222 e. The quantitative estimate of drug-likeness (QED) is 0.789. The van der Waals surface area contributed by atoms with Crippen LogP contribution in [0.15, 0.2) is 24.3 Å². The Bertz CT molecular complexity index is 386. The van der Waals surface area contributed by atoms with Crippen molar-refractivity contribution in [2.24, 2.45) is 0 Å². The molecule has 92 valence electrons. The molecule has 0 radical (unpaired) electrons. The monoisotopic (exact) mass is 235 g/mol. The first-order valence-corrected chi connectivity index (χ1v) is 6.28. The van der Waals surface area contributed by atoms with E-state index in [2.05, 4.69) is 0 Å². The Balaban J connectivity index is 1.85. The van der Waals surface area contributed by atoms with E-state index in [-0.39, 0.29) is 11.7 Å². The third-order valence-corrected chi connectivity index (χ3v) is 3.27. The molecular formula is C14H18FNO. The van der Waals surface area contributed by atoms with E-state index >= 15 is 0 Å². The molecule has 0 bridgehead atoms. The van der Waals surface area contributed by atoms with E-state index < -0.39 is 0 Å². The molecule has 3 heteroatoms. The molecule has 1 aliphatic rings. The van der Waals surface area contributed by atoms with E-state index in [0.29, 0.717) is 18.4 Å². The minimum absolute atomic E-state index is 0.160. The molecule has 0 N–H and O–H groups in total. The molecule has 1 amide bonds. The second-order valence-corrected chi connectivity index (χ2v) is 4.53. The number of nitrogens with zero attached hydrogens (tertiary/aromatic N) is 1. The fraction of sp³-hybridized carbons (Fsp3) is 0.500. The minimum atomic E-state index is -0.209. The van der Waals surface area contributed by atoms with Gasteiger partial charge in [-0.2, -0.15) is 0 Å². The molecule has 0 saturated carbocycles. The average molecular weight is 235 g/mol. The molecular weight excluding hydrogens is 217 g/mol. The Hall–Kier alpha value is -1.38. The number of benzene rings is 1. The van der Waals surface area contributed by atoms with Crippen LogP contribution >= 0.6 is 0 Å². The molecule has 1 aromatic rings. The molecule has 0 aliphatic carbocycles. The number of aryl methyl sites for hydroxylation is 1. The summed E-state index contributed by atoms with van der Waals surface area (Å²) in [7, 11) is 0. The zero-order valence-electron chi connectivity index (χ0n) is 9.99. The largest absolute Gasteiger partial charge is 0.343 e. The van der Waals surface area contributed by atoms with Crippen molar-refractivity contribution in [1.29, 1.82) is 0 Å². The highest BCUT2D eigenvalue weighted by Crippen LogP contribution is 2.13. The SMILES string of the molecule is O=C(CCc1ccccc1F)N1CCCCC1. The number of piperidine rings is 1. The Morgan fingerprint density at radius 2 is 1.88 bits per heavy atom. The normalized spacial score (nSPS) is 15.9. The van der Waals surface area contributed by atoms with E-state index in [1.165, 1.54) is 12.5 Å². The predicted octanol–water partition coefficient (Wildman–Crippen LogP) is 2.77. The van der Waals surface area contributed by atoms with Crippen molar-refractivity contribution in [2.45, 2.75) is 32.1 Å². The minimum Gasteiger partial charge on any atom is -0.343 e. The lowest BCUT2D eigenvalue weighted by atomic mass is 10.1. The lowest BCUT2D eigenvalue weighted by molar-refractivity contribution is -0.132. The second-order valence-electron chi connectivity index (χ2n) is 4.53. The Labute approximate surface area is 101 Å². The lowest BCUT2D eigenvalue weighted by Gasteiger charge is -2.26. The summed E-state index contributed by atoms with van der Waals surface area (Å²) in [6.45, 7) is 1.74. The van der Waals surface area contributed by atoms with Crippen molar-refractivity contribution < 1.29 is 9.18 Å². The van der Waals surface area contributed by atoms with Crippen LogP contribution in [0.3, 0.4) is 0 Å². The number of carbonyl (C=O) groups excluding carboxylic acids is 1. The molecule has 1 saturated heterocycles. The van der Waals surface area contributed by atoms with Crippen LogP contribution in [0.25, 0.3) is 0 Å². The Morgan fingerprint density at radius 3 is 2.59 bits per heavy atom. The van der Waals surface area contributed by atoms with Crippen molar-refractivity contribution in [3.8, 4) is 0 Å². The number of halogens is 1. The summed E-state index contributed by atoms with van der Waals surface area (Å²) >= 11 is 0. The summed E-state index contributed by atoms with van der Waals surface area (Å²) in [6, 6.07) is 6.68. The first-order chi connectivity index (χ1) is 8.27. The molecule has 0 unspecified atom stereocenters. The average Bonchev–Trinajstić information content (AvgIpc) is 2.38. The van der Waals surface area contributed by atoms with Gasteiger partial charge in [0.15, 0.2) is 0 Å². The second kappa shape index (κ2) is 5.80. The van der Waals surface area contributed by atoms with Gasteiger partial charge in [-0.15, -0.1) is 0 Å². The van der Waals surface area contributed by atoms with Gasteiger partial charge in [-0.05, 0) is 37.3 Å². The van der Waals surface area contributed by atoms with Gasteiger partial charge in [-0.1, -0.05) is 18.2 Å². The van der Waals surface area contributed by atoms with Gasteiger partial charge in [0.05, 0.1) is 0 Å². The maximum atomic E-state index is 13.4. The van der Waals surface area contributed by atoms with Gasteiger partial charge in [-0.25, -0.2) is 4.39 Å². The summed E-state index contributed by atoms with van der Waals surface area (Å²) in [5.74, 6) is -0.0492. The van der Waals surface area contributed by atoms with Crippen LogP contribution in [-0.2, 0) is 11.2 Å². The van der Waals surface area contributed by atoms with E-state index in [1.807, 2.05) is 11.0 Å². The number of hydrogen-bond donors (Lipinski definition) is 0. The van der Waals surface area contributed by atoms with Crippen LogP contribution in [0.5, 0.6) is 0 Å². The van der Waals surface area contributed by atoms with Crippen LogP contribution in [0.1, 0.15) is 31.2 Å². The van der Waals surface area contributed by atoms with Crippen LogP contribution in [-0.4, -0.2) is 23.9 Å². The van der Waals surface area contributed by atoms with Gasteiger partial charge in [0.1, 0.15) is 5.82 Å². The number of amides is 1. The third-order valence-electron chi connectivity index (χ3n) is 3.27. The van der Waals surface area contributed by atoms with Crippen LogP contribution in [0.4, 0.5) is 4.39 Å². The van der Waals surface area contributed by atoms with Gasteiger partial charge < -0.3 is 4.90 Å². The third kappa shape index (κ3) is 3.29. The highest BCUT2D eigenvalue weighted by molar-refractivity contribution is 5.76. The van der Waals surface area contributed by atoms with Crippen LogP contribution in [0, 0.1) is 5.82 Å². The van der Waals surface area contributed by atoms with E-state index in [0.717, 1.165) is 25.9 Å². The van der Waals surface area contributed by atoms with Crippen molar-refractivity contribution in [2.75, 3.05) is 13.1 Å². The highest BCUT2D eigenvalue weighted by Gasteiger charge is 2.16. The topological polar surface area (TPSA) is 20.3 Å². The zero-order valence-corrected chi connectivity index (χ0v) is 9.99. The number of carbonyl (C=O) groups is 1. The van der Waals surface area contributed by atoms with E-state index in [1.54, 1.807) is 12.1 Å². The molecule has 0 aromatic heterocycles. The van der Waals surface area contributed by atoms with Crippen LogP contribution in [0.2, 0.25) is 0 Å². The Kier molecular flexibility index (Phi) is 4.13. The molecule has 1 fully saturated rings. The van der Waals surface area contributed by atoms with Gasteiger partial charge in [0, 0.05) is 19.5 Å². The zero-order chi connectivity index (χ0) is 12.1. The number of hydrogen-bond acceptors (Lipinski definition) is 1. The fourth-order valence-corrected chi connectivity index (χ4v) is 2.24. The van der Waals surface area contributed by atoms with E-state index in [4.69, 9.17) is 0 Å². The first-order valence-electron chi connectivity index (χ1n) is 6.28. The summed E-state index contributed by atoms with van der Waals surface area (Å²) in [6.07, 6.45) is 4.34. The molecule has 0 spiro atoms. The number of likely N-dealkylation sites (tertiary alicyclic amines) is 1. The van der Waals surface area contributed by atoms with Crippen molar-refractivity contribution in [3.63, 3.8) is 0 Å². The number of rotatable bonds is 3. The molecule has 1 heterocycles. The van der Waals surface area contributed by atoms with Gasteiger partial charge in [-0.3, -0.25) is 4.79 Å². The molecule has 17 heavy (non-hydrogen) atoms. The Morgan fingerprint density at radius 1 is 1.18 bits per heavy atom. The summed E-state index contributed by atoms with van der Waals surface area (Å²) in [5.41, 5.74) is 0.637. The van der Waals surface area contributed by atoms with Crippen molar-refractivity contribution in [1.82, 2.24) is 4.90 Å². The molecule has 2 nitrogen and oxygen atoms in total. The van der Waals surface area contributed by atoms with Gasteiger partial charge in [0.2, 0.25) is 5.91 Å². The standard InChI is InChI=1S/C14H18FNO/c15-13-7-3-2-6-12(13)8-9-14(17)16-10-4-1-5-11-16/h2-3,6-7H,1,4-5,8-11H2. The maximum absolute atomic E-state index is 13.4. The molecule has 2 rings (SSSR count). The molecule has 1 aliphatic heterocycles. The van der Waals surface area contributed by atoms with Crippen molar-refractivity contribution in [3.05, 3.63) is 35.6 Å². The predicted molar refractivity (Wildman–Crippen MR) is 65.2 cm³/mol. The smallest absolute Gasteiger partial charge is 0.222 e. The highest BCUT2D eigenvalue weighted by atomic mass is 19.1. The molecule has 0 atom stereocenters. The van der Waals surface area contributed by atoms with E-state index in [9.17, 15) is 9.18 Å². The van der Waals surface area contributed by atoms with Crippen LogP contribution < -0.4 is 0 Å². The van der Waals surface area contributed by atoms with Crippen molar-refractivity contribution >= 4 is 5.91 Å².